The molecule has 1 rings (SSSR count). The number of rotatable bonds is 12. The maximum Gasteiger partial charge on any atom is 0.126 e. The molecule has 1 atom stereocenters. The molecule has 0 amide bonds. The van der Waals surface area contributed by atoms with Crippen molar-refractivity contribution in [1.29, 1.82) is 0 Å². The fourth-order valence-electron chi connectivity index (χ4n) is 4.32. The lowest BCUT2D eigenvalue weighted by molar-refractivity contribution is 0.261. The summed E-state index contributed by atoms with van der Waals surface area (Å²) in [5.41, 5.74) is 10.4. The van der Waals surface area contributed by atoms with Gasteiger partial charge in [-0.1, -0.05) is 70.9 Å². The van der Waals surface area contributed by atoms with Gasteiger partial charge >= 0.3 is 0 Å². The summed E-state index contributed by atoms with van der Waals surface area (Å²) in [5.74, 6) is 0.347. The van der Waals surface area contributed by atoms with Gasteiger partial charge in [-0.25, -0.2) is 4.39 Å². The van der Waals surface area contributed by atoms with Crippen molar-refractivity contribution in [3.8, 4) is 0 Å². The van der Waals surface area contributed by atoms with Crippen LogP contribution in [0.25, 0.3) is 0 Å². The lowest BCUT2D eigenvalue weighted by Crippen LogP contribution is -2.29. The minimum absolute atomic E-state index is 0.0793. The van der Waals surface area contributed by atoms with Gasteiger partial charge < -0.3 is 5.32 Å². The highest BCUT2D eigenvalue weighted by atomic mass is 19.1. The van der Waals surface area contributed by atoms with Gasteiger partial charge in [0.05, 0.1) is 5.70 Å². The Kier molecular flexibility index (Phi) is 11.1. The Morgan fingerprint density at radius 2 is 1.70 bits per heavy atom. The van der Waals surface area contributed by atoms with E-state index in [1.807, 2.05) is 18.2 Å². The second-order valence-corrected chi connectivity index (χ2v) is 10.1. The first kappa shape index (κ1) is 28.7. The van der Waals surface area contributed by atoms with Crippen molar-refractivity contribution in [2.24, 2.45) is 5.92 Å². The van der Waals surface area contributed by atoms with Gasteiger partial charge in [-0.15, -0.1) is 5.73 Å². The monoisotopic (exact) mass is 451 g/mol. The zero-order chi connectivity index (χ0) is 25.3. The summed E-state index contributed by atoms with van der Waals surface area (Å²) in [6, 6.07) is 0.0793. The molecular formula is C31H46FN. The van der Waals surface area contributed by atoms with Crippen molar-refractivity contribution in [1.82, 2.24) is 5.32 Å². The average molecular weight is 452 g/mol. The lowest BCUT2D eigenvalue weighted by atomic mass is 9.90. The zero-order valence-corrected chi connectivity index (χ0v) is 22.6. The molecule has 1 nitrogen and oxygen atoms in total. The molecule has 1 aliphatic rings. The molecule has 0 aliphatic heterocycles. The van der Waals surface area contributed by atoms with E-state index in [1.54, 1.807) is 13.8 Å². The summed E-state index contributed by atoms with van der Waals surface area (Å²) in [7, 11) is 0. The van der Waals surface area contributed by atoms with Gasteiger partial charge in [-0.2, -0.15) is 0 Å². The third kappa shape index (κ3) is 8.52. The van der Waals surface area contributed by atoms with Gasteiger partial charge in [0.1, 0.15) is 5.67 Å². The number of allylic oxidation sites excluding steroid dienone is 8. The van der Waals surface area contributed by atoms with Crippen molar-refractivity contribution >= 4 is 0 Å². The second kappa shape index (κ2) is 12.8. The Labute approximate surface area is 203 Å². The highest BCUT2D eigenvalue weighted by Crippen LogP contribution is 2.31. The van der Waals surface area contributed by atoms with E-state index in [1.165, 1.54) is 16.7 Å². The fourth-order valence-corrected chi connectivity index (χ4v) is 4.32. The Morgan fingerprint density at radius 3 is 2.18 bits per heavy atom. The maximum absolute atomic E-state index is 14.9. The predicted octanol–water partition coefficient (Wildman–Crippen LogP) is 9.25. The Morgan fingerprint density at radius 1 is 1.09 bits per heavy atom. The normalized spacial score (nSPS) is 16.5. The van der Waals surface area contributed by atoms with Crippen LogP contribution in [0, 0.1) is 5.92 Å². The molecule has 0 bridgehead atoms. The van der Waals surface area contributed by atoms with Crippen molar-refractivity contribution < 1.29 is 4.39 Å². The van der Waals surface area contributed by atoms with Crippen LogP contribution >= 0.6 is 0 Å². The zero-order valence-electron chi connectivity index (χ0n) is 22.6. The van der Waals surface area contributed by atoms with Crippen LogP contribution in [0.2, 0.25) is 0 Å². The summed E-state index contributed by atoms with van der Waals surface area (Å²) in [4.78, 5) is 0. The van der Waals surface area contributed by atoms with E-state index in [9.17, 15) is 4.39 Å². The Hall–Kier alpha value is -2.31. The number of hydrogen-bond acceptors (Lipinski definition) is 1. The fraction of sp³-hybridized carbons (Fsp3) is 0.516. The van der Waals surface area contributed by atoms with E-state index >= 15 is 0 Å². The maximum atomic E-state index is 14.9. The first-order valence-electron chi connectivity index (χ1n) is 12.4. The van der Waals surface area contributed by atoms with Crippen LogP contribution in [-0.2, 0) is 0 Å². The van der Waals surface area contributed by atoms with E-state index in [0.717, 1.165) is 47.3 Å². The molecular weight excluding hydrogens is 405 g/mol. The summed E-state index contributed by atoms with van der Waals surface area (Å²) >= 11 is 0. The van der Waals surface area contributed by atoms with E-state index in [4.69, 9.17) is 0 Å². The molecule has 33 heavy (non-hydrogen) atoms. The van der Waals surface area contributed by atoms with Gasteiger partial charge in [-0.05, 0) is 87.8 Å². The summed E-state index contributed by atoms with van der Waals surface area (Å²) in [6.45, 7) is 26.9. The van der Waals surface area contributed by atoms with Crippen molar-refractivity contribution in [2.75, 3.05) is 0 Å². The van der Waals surface area contributed by atoms with Gasteiger partial charge in [-0.3, -0.25) is 0 Å². The average Bonchev–Trinajstić information content (AvgIpc) is 2.89. The van der Waals surface area contributed by atoms with E-state index in [2.05, 4.69) is 78.7 Å². The van der Waals surface area contributed by atoms with Crippen LogP contribution in [0.4, 0.5) is 4.39 Å². The highest BCUT2D eigenvalue weighted by Gasteiger charge is 2.22. The minimum atomic E-state index is -1.38. The molecule has 1 unspecified atom stereocenters. The highest BCUT2D eigenvalue weighted by molar-refractivity contribution is 5.55. The molecule has 1 N–H and O–H groups in total. The van der Waals surface area contributed by atoms with Gasteiger partial charge in [0.25, 0.3) is 0 Å². The molecule has 0 heterocycles. The molecule has 182 valence electrons. The van der Waals surface area contributed by atoms with Gasteiger partial charge in [0.15, 0.2) is 0 Å². The van der Waals surface area contributed by atoms with E-state index in [-0.39, 0.29) is 6.04 Å². The third-order valence-corrected chi connectivity index (χ3v) is 6.07. The van der Waals surface area contributed by atoms with Gasteiger partial charge in [0, 0.05) is 17.7 Å². The smallest absolute Gasteiger partial charge is 0.126 e. The minimum Gasteiger partial charge on any atom is -0.378 e. The molecule has 0 radical (unpaired) electrons. The van der Waals surface area contributed by atoms with Crippen LogP contribution in [0.1, 0.15) is 88.0 Å². The van der Waals surface area contributed by atoms with E-state index in [0.29, 0.717) is 12.3 Å². The summed E-state index contributed by atoms with van der Waals surface area (Å²) in [6.07, 6.45) is 11.9. The van der Waals surface area contributed by atoms with Crippen LogP contribution in [0.3, 0.4) is 0 Å². The van der Waals surface area contributed by atoms with Crippen molar-refractivity contribution in [3.63, 3.8) is 0 Å². The summed E-state index contributed by atoms with van der Waals surface area (Å²) < 4.78 is 14.9. The molecule has 0 aromatic rings. The van der Waals surface area contributed by atoms with Crippen LogP contribution in [0.15, 0.2) is 87.9 Å². The third-order valence-electron chi connectivity index (χ3n) is 6.07. The quantitative estimate of drug-likeness (QED) is 0.230. The largest absolute Gasteiger partial charge is 0.378 e. The second-order valence-electron chi connectivity index (χ2n) is 10.1. The number of hydrogen-bond donors (Lipinski definition) is 1. The first-order valence-corrected chi connectivity index (χ1v) is 12.4. The molecule has 0 spiro atoms. The molecule has 2 heteroatoms. The molecule has 0 fully saturated rings. The number of halogens is 1. The molecule has 0 saturated heterocycles. The van der Waals surface area contributed by atoms with Crippen LogP contribution in [0.5, 0.6) is 0 Å². The molecule has 0 saturated carbocycles. The van der Waals surface area contributed by atoms with E-state index < -0.39 is 5.67 Å². The first-order chi connectivity index (χ1) is 15.3. The number of nitrogens with one attached hydrogen (secondary N) is 1. The lowest BCUT2D eigenvalue weighted by Gasteiger charge is -2.25. The SMILES string of the molecule is C=C(/C=C(\CCC)C(C)(C)F)C1=C(NC(C)/C(C(=C)C)=C(\C)CCC)C=C=CC(C(C)C)=C1. The topological polar surface area (TPSA) is 12.0 Å². The number of alkyl halides is 1. The standard InChI is InChI=1S/C31H46FN/c1-12-15-23(7)30(22(5)6)25(9)33-29-18-14-17-26(21(3)4)20-28(29)24(8)19-27(16-13-2)31(10,11)32/h17-21,25,33H,5,8,12-13,15-16H2,1-4,6-7,9-11H3/b27-19+,30-23+. The van der Waals surface area contributed by atoms with Crippen LogP contribution < -0.4 is 5.32 Å². The molecule has 0 aromatic carbocycles. The predicted molar refractivity (Wildman–Crippen MR) is 145 cm³/mol. The van der Waals surface area contributed by atoms with Gasteiger partial charge in [0.2, 0.25) is 0 Å². The molecule has 0 aromatic heterocycles. The Balaban J connectivity index is 3.62. The Bertz CT molecular complexity index is 918. The molecule has 1 aliphatic carbocycles. The van der Waals surface area contributed by atoms with Crippen LogP contribution in [-0.4, -0.2) is 11.7 Å². The van der Waals surface area contributed by atoms with Crippen molar-refractivity contribution in [3.05, 3.63) is 87.9 Å². The van der Waals surface area contributed by atoms with Crippen molar-refractivity contribution in [2.45, 2.75) is 99.7 Å². The summed E-state index contributed by atoms with van der Waals surface area (Å²) in [5, 5.41) is 3.71.